The van der Waals surface area contributed by atoms with Gasteiger partial charge < -0.3 is 5.11 Å². The molecule has 0 saturated heterocycles. The minimum absolute atomic E-state index is 0.0413. The first-order chi connectivity index (χ1) is 9.05. The van der Waals surface area contributed by atoms with E-state index in [-0.39, 0.29) is 17.2 Å². The summed E-state index contributed by atoms with van der Waals surface area (Å²) in [6, 6.07) is 0. The molecular formula is C12H23N3O3S. The van der Waals surface area contributed by atoms with Crippen LogP contribution in [0, 0.1) is 5.92 Å². The molecule has 1 atom stereocenters. The number of aromatic amines is 1. The van der Waals surface area contributed by atoms with E-state index in [1.807, 2.05) is 0 Å². The van der Waals surface area contributed by atoms with Gasteiger partial charge in [0.1, 0.15) is 0 Å². The van der Waals surface area contributed by atoms with Gasteiger partial charge in [0.05, 0.1) is 12.8 Å². The number of aromatic nitrogens is 2. The molecule has 19 heavy (non-hydrogen) atoms. The minimum Gasteiger partial charge on any atom is -0.392 e. The van der Waals surface area contributed by atoms with Crippen molar-refractivity contribution in [1.82, 2.24) is 14.9 Å². The van der Waals surface area contributed by atoms with Gasteiger partial charge in [-0.1, -0.05) is 33.1 Å². The third-order valence-corrected chi connectivity index (χ3v) is 4.66. The van der Waals surface area contributed by atoms with Gasteiger partial charge in [-0.25, -0.2) is 13.1 Å². The van der Waals surface area contributed by atoms with Gasteiger partial charge in [0.25, 0.3) is 10.0 Å². The number of hydrogen-bond acceptors (Lipinski definition) is 4. The highest BCUT2D eigenvalue weighted by atomic mass is 32.2. The van der Waals surface area contributed by atoms with Crippen LogP contribution in [0.4, 0.5) is 0 Å². The third kappa shape index (κ3) is 4.59. The monoisotopic (exact) mass is 289 g/mol. The highest BCUT2D eigenvalue weighted by Crippen LogP contribution is 2.15. The lowest BCUT2D eigenvalue weighted by Gasteiger charge is -2.15. The fourth-order valence-electron chi connectivity index (χ4n) is 1.89. The Labute approximate surface area is 114 Å². The Kier molecular flexibility index (Phi) is 6.47. The second kappa shape index (κ2) is 7.62. The second-order valence-electron chi connectivity index (χ2n) is 4.65. The van der Waals surface area contributed by atoms with Crippen molar-refractivity contribution in [3.05, 3.63) is 11.8 Å². The van der Waals surface area contributed by atoms with E-state index in [0.717, 1.165) is 25.7 Å². The van der Waals surface area contributed by atoms with E-state index in [0.29, 0.717) is 12.5 Å². The summed E-state index contributed by atoms with van der Waals surface area (Å²) in [5.41, 5.74) is 0.286. The van der Waals surface area contributed by atoms with Crippen molar-refractivity contribution in [2.45, 2.75) is 51.2 Å². The quantitative estimate of drug-likeness (QED) is 0.640. The molecule has 0 amide bonds. The average molecular weight is 289 g/mol. The molecule has 3 N–H and O–H groups in total. The van der Waals surface area contributed by atoms with E-state index >= 15 is 0 Å². The van der Waals surface area contributed by atoms with Crippen LogP contribution in [-0.4, -0.2) is 30.3 Å². The van der Waals surface area contributed by atoms with Gasteiger partial charge >= 0.3 is 0 Å². The van der Waals surface area contributed by atoms with Crippen molar-refractivity contribution in [1.29, 1.82) is 0 Å². The summed E-state index contributed by atoms with van der Waals surface area (Å²) < 4.78 is 26.7. The lowest BCUT2D eigenvalue weighted by molar-refractivity contribution is 0.278. The molecule has 1 rings (SSSR count). The number of hydrogen-bond donors (Lipinski definition) is 3. The maximum Gasteiger partial charge on any atom is 0.257 e. The summed E-state index contributed by atoms with van der Waals surface area (Å²) in [5.74, 6) is 0.343. The Balaban J connectivity index is 2.64. The van der Waals surface area contributed by atoms with Gasteiger partial charge in [0.15, 0.2) is 5.03 Å². The summed E-state index contributed by atoms with van der Waals surface area (Å²) in [6.45, 7) is 4.25. The van der Waals surface area contributed by atoms with Crippen molar-refractivity contribution in [2.24, 2.45) is 5.92 Å². The maximum atomic E-state index is 12.1. The third-order valence-electron chi connectivity index (χ3n) is 3.22. The molecule has 0 radical (unpaired) electrons. The van der Waals surface area contributed by atoms with Crippen LogP contribution in [-0.2, 0) is 16.6 Å². The number of nitrogens with one attached hydrogen (secondary N) is 2. The van der Waals surface area contributed by atoms with Gasteiger partial charge in [-0.15, -0.1) is 0 Å². The molecule has 6 nitrogen and oxygen atoms in total. The molecule has 0 aliphatic carbocycles. The lowest BCUT2D eigenvalue weighted by atomic mass is 10.00. The molecule has 0 spiro atoms. The van der Waals surface area contributed by atoms with Crippen LogP contribution in [0.3, 0.4) is 0 Å². The molecule has 1 unspecified atom stereocenters. The van der Waals surface area contributed by atoms with Crippen LogP contribution in [0.2, 0.25) is 0 Å². The zero-order valence-electron chi connectivity index (χ0n) is 11.5. The van der Waals surface area contributed by atoms with E-state index in [2.05, 4.69) is 28.8 Å². The molecule has 0 aliphatic heterocycles. The average Bonchev–Trinajstić information content (AvgIpc) is 2.88. The van der Waals surface area contributed by atoms with E-state index in [4.69, 9.17) is 5.11 Å². The number of aliphatic hydroxyl groups excluding tert-OH is 1. The molecule has 0 fully saturated rings. The molecule has 0 bridgehead atoms. The Hall–Kier alpha value is -0.920. The van der Waals surface area contributed by atoms with Crippen molar-refractivity contribution in [3.8, 4) is 0 Å². The maximum absolute atomic E-state index is 12.1. The van der Waals surface area contributed by atoms with Crippen LogP contribution in [0.5, 0.6) is 0 Å². The summed E-state index contributed by atoms with van der Waals surface area (Å²) >= 11 is 0. The van der Waals surface area contributed by atoms with Crippen LogP contribution in [0.15, 0.2) is 11.2 Å². The van der Waals surface area contributed by atoms with Crippen LogP contribution in [0.1, 0.15) is 45.1 Å². The molecule has 110 valence electrons. The lowest BCUT2D eigenvalue weighted by Crippen LogP contribution is -2.30. The predicted molar refractivity (Wildman–Crippen MR) is 73.0 cm³/mol. The SMILES string of the molecule is CCCCC(CC)CNS(=O)(=O)c1[nH]ncc1CO. The highest BCUT2D eigenvalue weighted by Gasteiger charge is 2.21. The molecule has 0 aromatic carbocycles. The standard InChI is InChI=1S/C12H23N3O3S/c1-3-5-6-10(4-2)7-14-19(17,18)12-11(9-16)8-13-15-12/h8,10,14,16H,3-7,9H2,1-2H3,(H,13,15). The van der Waals surface area contributed by atoms with Gasteiger partial charge in [0.2, 0.25) is 0 Å². The number of rotatable bonds is 9. The van der Waals surface area contributed by atoms with Crippen molar-refractivity contribution in [2.75, 3.05) is 6.54 Å². The molecule has 0 saturated carbocycles. The Morgan fingerprint density at radius 3 is 2.79 bits per heavy atom. The fourth-order valence-corrected chi connectivity index (χ4v) is 3.12. The van der Waals surface area contributed by atoms with Crippen molar-refractivity contribution in [3.63, 3.8) is 0 Å². The Bertz CT molecular complexity index is 470. The van der Waals surface area contributed by atoms with Gasteiger partial charge in [-0.2, -0.15) is 5.10 Å². The fraction of sp³-hybridized carbons (Fsp3) is 0.750. The summed E-state index contributed by atoms with van der Waals surface area (Å²) in [7, 11) is -3.62. The van der Waals surface area contributed by atoms with E-state index in [1.54, 1.807) is 0 Å². The van der Waals surface area contributed by atoms with Gasteiger partial charge in [0, 0.05) is 12.1 Å². The molecule has 1 heterocycles. The zero-order chi connectivity index (χ0) is 14.3. The molecule has 1 aromatic heterocycles. The van der Waals surface area contributed by atoms with Gasteiger partial charge in [-0.05, 0) is 12.3 Å². The first kappa shape index (κ1) is 16.1. The smallest absolute Gasteiger partial charge is 0.257 e. The minimum atomic E-state index is -3.62. The predicted octanol–water partition coefficient (Wildman–Crippen LogP) is 1.40. The number of H-pyrrole nitrogens is 1. The van der Waals surface area contributed by atoms with Crippen LogP contribution in [0.25, 0.3) is 0 Å². The summed E-state index contributed by atoms with van der Waals surface area (Å²) in [5, 5.41) is 15.1. The normalized spacial score (nSPS) is 13.6. The van der Waals surface area contributed by atoms with Crippen LogP contribution < -0.4 is 4.72 Å². The van der Waals surface area contributed by atoms with Crippen LogP contribution >= 0.6 is 0 Å². The Morgan fingerprint density at radius 1 is 1.47 bits per heavy atom. The van der Waals surface area contributed by atoms with Crippen molar-refractivity contribution >= 4 is 10.0 Å². The summed E-state index contributed by atoms with van der Waals surface area (Å²) in [6.07, 6.45) is 5.50. The first-order valence-corrected chi connectivity index (χ1v) is 8.16. The van der Waals surface area contributed by atoms with E-state index < -0.39 is 10.0 Å². The number of aliphatic hydroxyl groups is 1. The number of unbranched alkanes of at least 4 members (excludes halogenated alkanes) is 1. The van der Waals surface area contributed by atoms with E-state index in [9.17, 15) is 8.42 Å². The topological polar surface area (TPSA) is 95.1 Å². The summed E-state index contributed by atoms with van der Waals surface area (Å²) in [4.78, 5) is 0. The largest absolute Gasteiger partial charge is 0.392 e. The Morgan fingerprint density at radius 2 is 2.21 bits per heavy atom. The number of sulfonamides is 1. The van der Waals surface area contributed by atoms with E-state index in [1.165, 1.54) is 6.20 Å². The molecule has 0 aliphatic rings. The zero-order valence-corrected chi connectivity index (χ0v) is 12.3. The molecule has 7 heteroatoms. The highest BCUT2D eigenvalue weighted by molar-refractivity contribution is 7.89. The number of nitrogens with zero attached hydrogens (tertiary/aromatic N) is 1. The molecular weight excluding hydrogens is 266 g/mol. The molecule has 1 aromatic rings. The van der Waals surface area contributed by atoms with Gasteiger partial charge in [-0.3, -0.25) is 5.10 Å². The van der Waals surface area contributed by atoms with Crippen molar-refractivity contribution < 1.29 is 13.5 Å². The second-order valence-corrected chi connectivity index (χ2v) is 6.35. The first-order valence-electron chi connectivity index (χ1n) is 6.67.